The van der Waals surface area contributed by atoms with Crippen LogP contribution in [0.1, 0.15) is 12.8 Å². The largest absolute Gasteiger partial charge is 0.368 e. The fourth-order valence-electron chi connectivity index (χ4n) is 2.17. The summed E-state index contributed by atoms with van der Waals surface area (Å²) in [4.78, 5) is 23.6. The van der Waals surface area contributed by atoms with Crippen molar-refractivity contribution in [2.24, 2.45) is 0 Å². The molecule has 0 saturated carbocycles. The van der Waals surface area contributed by atoms with Crippen LogP contribution >= 0.6 is 11.6 Å². The lowest BCUT2D eigenvalue weighted by atomic mass is 10.2. The van der Waals surface area contributed by atoms with Crippen LogP contribution in [0, 0.1) is 0 Å². The zero-order chi connectivity index (χ0) is 13.3. The summed E-state index contributed by atoms with van der Waals surface area (Å²) in [5.41, 5.74) is 5.58. The predicted molar refractivity (Wildman–Crippen MR) is 70.5 cm³/mol. The maximum absolute atomic E-state index is 12.1. The Labute approximate surface area is 111 Å². The lowest BCUT2D eigenvalue weighted by Crippen LogP contribution is -2.43. The minimum Gasteiger partial charge on any atom is -0.368 e. The number of carbonyl (C=O) groups excluding carboxylic acids is 1. The maximum atomic E-state index is 12.1. The lowest BCUT2D eigenvalue weighted by Gasteiger charge is -2.27. The van der Waals surface area contributed by atoms with Gasteiger partial charge >= 0.3 is 0 Å². The van der Waals surface area contributed by atoms with Gasteiger partial charge in [0.1, 0.15) is 17.0 Å². The van der Waals surface area contributed by atoms with Gasteiger partial charge in [0.05, 0.1) is 0 Å². The highest BCUT2D eigenvalue weighted by Crippen LogP contribution is 2.26. The third-order valence-electron chi connectivity index (χ3n) is 2.97. The van der Waals surface area contributed by atoms with Crippen molar-refractivity contribution in [2.45, 2.75) is 18.9 Å². The first kappa shape index (κ1) is 12.9. The molecule has 0 aliphatic carbocycles. The number of halogens is 1. The summed E-state index contributed by atoms with van der Waals surface area (Å²) in [6, 6.07) is 1.45. The van der Waals surface area contributed by atoms with Crippen molar-refractivity contribution < 1.29 is 4.79 Å². The number of nitrogens with two attached hydrogens (primary N) is 1. The first-order valence-electron chi connectivity index (χ1n) is 5.77. The zero-order valence-electron chi connectivity index (χ0n) is 10.4. The van der Waals surface area contributed by atoms with Crippen molar-refractivity contribution in [1.29, 1.82) is 0 Å². The van der Waals surface area contributed by atoms with Gasteiger partial charge in [0.25, 0.3) is 0 Å². The van der Waals surface area contributed by atoms with Crippen LogP contribution in [0.3, 0.4) is 0 Å². The van der Waals surface area contributed by atoms with Crippen LogP contribution in [0.15, 0.2) is 6.07 Å². The monoisotopic (exact) mass is 269 g/mol. The smallest absolute Gasteiger partial charge is 0.244 e. The fourth-order valence-corrected chi connectivity index (χ4v) is 2.35. The van der Waals surface area contributed by atoms with Gasteiger partial charge in [0.2, 0.25) is 11.9 Å². The quantitative estimate of drug-likeness (QED) is 0.803. The van der Waals surface area contributed by atoms with Gasteiger partial charge in [-0.05, 0) is 12.8 Å². The fraction of sp³-hybridized carbons (Fsp3) is 0.545. The average Bonchev–Trinajstić information content (AvgIpc) is 2.75. The highest BCUT2D eigenvalue weighted by molar-refractivity contribution is 6.29. The minimum atomic E-state index is -0.189. The summed E-state index contributed by atoms with van der Waals surface area (Å²) in [5, 5.41) is 0.292. The van der Waals surface area contributed by atoms with E-state index in [1.54, 1.807) is 25.1 Å². The van der Waals surface area contributed by atoms with Gasteiger partial charge < -0.3 is 15.5 Å². The Kier molecular flexibility index (Phi) is 3.56. The summed E-state index contributed by atoms with van der Waals surface area (Å²) in [5.74, 6) is 0.812. The number of hydrogen-bond acceptors (Lipinski definition) is 5. The Hall–Kier alpha value is -1.56. The van der Waals surface area contributed by atoms with Gasteiger partial charge in [-0.2, -0.15) is 4.98 Å². The second-order valence-corrected chi connectivity index (χ2v) is 4.88. The molecule has 2 heterocycles. The summed E-state index contributed by atoms with van der Waals surface area (Å²) in [6.45, 7) is 0.775. The molecule has 0 radical (unpaired) electrons. The molecular weight excluding hydrogens is 254 g/mol. The molecule has 98 valence electrons. The first-order valence-corrected chi connectivity index (χ1v) is 6.14. The molecule has 2 N–H and O–H groups in total. The molecular formula is C11H16ClN5O. The molecule has 0 aromatic carbocycles. The van der Waals surface area contributed by atoms with Crippen LogP contribution in [0.25, 0.3) is 0 Å². The van der Waals surface area contributed by atoms with E-state index in [1.807, 2.05) is 4.90 Å². The summed E-state index contributed by atoms with van der Waals surface area (Å²) in [6.07, 6.45) is 1.77. The van der Waals surface area contributed by atoms with Crippen molar-refractivity contribution >= 4 is 29.3 Å². The molecule has 0 bridgehead atoms. The molecule has 7 heteroatoms. The third-order valence-corrected chi connectivity index (χ3v) is 3.17. The summed E-state index contributed by atoms with van der Waals surface area (Å²) in [7, 11) is 3.50. The Balaban J connectivity index is 2.28. The number of aromatic nitrogens is 2. The van der Waals surface area contributed by atoms with E-state index in [0.717, 1.165) is 19.4 Å². The van der Waals surface area contributed by atoms with Crippen LogP contribution in [0.2, 0.25) is 5.15 Å². The molecule has 2 rings (SSSR count). The molecule has 1 aromatic heterocycles. The van der Waals surface area contributed by atoms with Crippen molar-refractivity contribution in [1.82, 2.24) is 14.9 Å². The van der Waals surface area contributed by atoms with Crippen LogP contribution in [0.5, 0.6) is 0 Å². The summed E-state index contributed by atoms with van der Waals surface area (Å²) >= 11 is 5.87. The van der Waals surface area contributed by atoms with Gasteiger partial charge in [0.15, 0.2) is 0 Å². The lowest BCUT2D eigenvalue weighted by molar-refractivity contribution is -0.129. The number of likely N-dealkylation sites (N-methyl/N-ethyl adjacent to an activating group) is 1. The minimum absolute atomic E-state index is 0.0702. The van der Waals surface area contributed by atoms with E-state index in [4.69, 9.17) is 17.3 Å². The van der Waals surface area contributed by atoms with Gasteiger partial charge in [-0.15, -0.1) is 0 Å². The number of nitrogen functional groups attached to an aromatic ring is 1. The number of carbonyl (C=O) groups is 1. The van der Waals surface area contributed by atoms with Crippen molar-refractivity contribution in [3.05, 3.63) is 11.2 Å². The van der Waals surface area contributed by atoms with E-state index >= 15 is 0 Å². The molecule has 1 aromatic rings. The third kappa shape index (κ3) is 2.48. The molecule has 1 aliphatic heterocycles. The van der Waals surface area contributed by atoms with E-state index in [1.165, 1.54) is 0 Å². The number of rotatable bonds is 2. The number of amides is 1. The first-order chi connectivity index (χ1) is 8.49. The molecule has 1 aliphatic rings. The van der Waals surface area contributed by atoms with E-state index in [-0.39, 0.29) is 17.9 Å². The SMILES string of the molecule is CN(C)C(=O)[C@@H]1CCCN1c1cc(Cl)nc(N)n1. The molecule has 1 amide bonds. The number of nitrogens with zero attached hydrogens (tertiary/aromatic N) is 4. The number of anilines is 2. The average molecular weight is 270 g/mol. The standard InChI is InChI=1S/C11H16ClN5O/c1-16(2)10(18)7-4-3-5-17(7)9-6-8(12)14-11(13)15-9/h6-7H,3-5H2,1-2H3,(H2,13,14,15)/t7-/m0/s1. The second kappa shape index (κ2) is 4.97. The molecule has 18 heavy (non-hydrogen) atoms. The molecule has 0 spiro atoms. The topological polar surface area (TPSA) is 75.4 Å². The van der Waals surface area contributed by atoms with Crippen LogP contribution in [-0.4, -0.2) is 47.5 Å². The molecule has 1 saturated heterocycles. The Morgan fingerprint density at radius 2 is 2.28 bits per heavy atom. The van der Waals surface area contributed by atoms with E-state index in [9.17, 15) is 4.79 Å². The summed E-state index contributed by atoms with van der Waals surface area (Å²) < 4.78 is 0. The second-order valence-electron chi connectivity index (χ2n) is 4.49. The molecule has 1 atom stereocenters. The van der Waals surface area contributed by atoms with Gasteiger partial charge in [-0.3, -0.25) is 4.79 Å². The van der Waals surface area contributed by atoms with Crippen LogP contribution in [0.4, 0.5) is 11.8 Å². The Bertz CT molecular complexity index is 444. The highest BCUT2D eigenvalue weighted by Gasteiger charge is 2.32. The van der Waals surface area contributed by atoms with Crippen molar-refractivity contribution in [3.63, 3.8) is 0 Å². The van der Waals surface area contributed by atoms with Gasteiger partial charge in [-0.1, -0.05) is 11.6 Å². The van der Waals surface area contributed by atoms with Crippen molar-refractivity contribution in [3.8, 4) is 0 Å². The predicted octanol–water partition coefficient (Wildman–Crippen LogP) is 0.769. The van der Waals surface area contributed by atoms with Crippen molar-refractivity contribution in [2.75, 3.05) is 31.3 Å². The molecule has 1 fully saturated rings. The van der Waals surface area contributed by atoms with Gasteiger partial charge in [-0.25, -0.2) is 4.98 Å². The highest BCUT2D eigenvalue weighted by atomic mass is 35.5. The van der Waals surface area contributed by atoms with Crippen LogP contribution < -0.4 is 10.6 Å². The van der Waals surface area contributed by atoms with E-state index in [2.05, 4.69) is 9.97 Å². The van der Waals surface area contributed by atoms with E-state index in [0.29, 0.717) is 11.0 Å². The van der Waals surface area contributed by atoms with Gasteiger partial charge in [0, 0.05) is 26.7 Å². The molecule has 6 nitrogen and oxygen atoms in total. The normalized spacial score (nSPS) is 19.1. The Morgan fingerprint density at radius 1 is 1.56 bits per heavy atom. The zero-order valence-corrected chi connectivity index (χ0v) is 11.2. The Morgan fingerprint density at radius 3 is 2.89 bits per heavy atom. The molecule has 0 unspecified atom stereocenters. The van der Waals surface area contributed by atoms with Crippen LogP contribution in [-0.2, 0) is 4.79 Å². The number of hydrogen-bond donors (Lipinski definition) is 1. The maximum Gasteiger partial charge on any atom is 0.244 e. The van der Waals surface area contributed by atoms with E-state index < -0.39 is 0 Å².